The number of carboxylic acids is 1. The fourth-order valence-electron chi connectivity index (χ4n) is 2.85. The van der Waals surface area contributed by atoms with Crippen LogP contribution in [0.4, 0.5) is 0 Å². The van der Waals surface area contributed by atoms with E-state index >= 15 is 0 Å². The van der Waals surface area contributed by atoms with Gasteiger partial charge in [0.2, 0.25) is 5.91 Å². The zero-order chi connectivity index (χ0) is 17.7. The summed E-state index contributed by atoms with van der Waals surface area (Å²) in [6.07, 6.45) is -0.0673. The normalized spacial score (nSPS) is 27.3. The number of carbonyl (C=O) groups excluding carboxylic acids is 2. The zero-order valence-corrected chi connectivity index (χ0v) is 13.9. The molecule has 0 aliphatic heterocycles. The summed E-state index contributed by atoms with van der Waals surface area (Å²) in [6, 6.07) is -2.28. The van der Waals surface area contributed by atoms with Crippen LogP contribution in [0.15, 0.2) is 0 Å². The molecule has 8 nitrogen and oxygen atoms in total. The fourth-order valence-corrected chi connectivity index (χ4v) is 2.85. The highest BCUT2D eigenvalue weighted by molar-refractivity contribution is 5.90. The number of hydrogen-bond acceptors (Lipinski definition) is 6. The van der Waals surface area contributed by atoms with Gasteiger partial charge in [-0.3, -0.25) is 9.59 Å². The maximum Gasteiger partial charge on any atom is 0.331 e. The number of ether oxygens (including phenoxy) is 2. The second-order valence-electron chi connectivity index (χ2n) is 6.21. The number of methoxy groups -OCH3 is 1. The molecule has 0 bridgehead atoms. The molecular formula is C15H26N2O6. The molecule has 1 aliphatic carbocycles. The first-order chi connectivity index (χ1) is 10.7. The maximum atomic E-state index is 11.9. The van der Waals surface area contributed by atoms with E-state index < -0.39 is 42.5 Å². The van der Waals surface area contributed by atoms with Gasteiger partial charge in [-0.2, -0.15) is 0 Å². The zero-order valence-electron chi connectivity index (χ0n) is 13.9. The van der Waals surface area contributed by atoms with Crippen LogP contribution < -0.4 is 11.1 Å². The van der Waals surface area contributed by atoms with Gasteiger partial charge in [0.15, 0.2) is 6.04 Å². The predicted molar refractivity (Wildman–Crippen MR) is 81.5 cm³/mol. The average molecular weight is 330 g/mol. The minimum atomic E-state index is -1.24. The molecule has 1 saturated carbocycles. The molecule has 1 amide bonds. The molecule has 1 fully saturated rings. The first-order valence-electron chi connectivity index (χ1n) is 7.68. The summed E-state index contributed by atoms with van der Waals surface area (Å²) in [7, 11) is 1.21. The van der Waals surface area contributed by atoms with Crippen molar-refractivity contribution >= 4 is 17.8 Å². The average Bonchev–Trinajstić information content (AvgIpc) is 2.48. The third-order valence-electron chi connectivity index (χ3n) is 4.19. The van der Waals surface area contributed by atoms with Crippen LogP contribution in [-0.4, -0.2) is 54.4 Å². The predicted octanol–water partition coefficient (Wildman–Crippen LogP) is -0.104. The number of carbonyl (C=O) groups is 3. The molecule has 0 radical (unpaired) electrons. The molecule has 4 N–H and O–H groups in total. The molecule has 0 aromatic carbocycles. The van der Waals surface area contributed by atoms with Crippen LogP contribution in [0.2, 0.25) is 0 Å². The Kier molecular flexibility index (Phi) is 6.96. The highest BCUT2D eigenvalue weighted by Crippen LogP contribution is 2.36. The van der Waals surface area contributed by atoms with Crippen LogP contribution in [0.3, 0.4) is 0 Å². The maximum absolute atomic E-state index is 11.9. The molecule has 8 heteroatoms. The first kappa shape index (κ1) is 19.4. The van der Waals surface area contributed by atoms with Gasteiger partial charge >= 0.3 is 11.9 Å². The summed E-state index contributed by atoms with van der Waals surface area (Å²) in [5, 5.41) is 11.1. The molecule has 1 aliphatic rings. The summed E-state index contributed by atoms with van der Waals surface area (Å²) in [4.78, 5) is 34.5. The van der Waals surface area contributed by atoms with Crippen molar-refractivity contribution in [3.8, 4) is 0 Å². The van der Waals surface area contributed by atoms with Gasteiger partial charge in [0, 0.05) is 0 Å². The molecule has 0 spiro atoms. The number of rotatable bonds is 8. The largest absolute Gasteiger partial charge is 0.481 e. The van der Waals surface area contributed by atoms with Crippen LogP contribution in [-0.2, 0) is 23.9 Å². The number of aliphatic carboxylic acids is 1. The summed E-state index contributed by atoms with van der Waals surface area (Å²) in [5.41, 5.74) is 5.51. The summed E-state index contributed by atoms with van der Waals surface area (Å²) in [5.74, 6) is -1.81. The van der Waals surface area contributed by atoms with Crippen molar-refractivity contribution in [1.82, 2.24) is 5.32 Å². The quantitative estimate of drug-likeness (QED) is 0.530. The molecule has 1 rings (SSSR count). The summed E-state index contributed by atoms with van der Waals surface area (Å²) >= 11 is 0. The number of nitrogens with one attached hydrogen (secondary N) is 1. The Morgan fingerprint density at radius 1 is 1.30 bits per heavy atom. The Labute approximate surface area is 135 Å². The van der Waals surface area contributed by atoms with E-state index in [1.807, 2.05) is 0 Å². The lowest BCUT2D eigenvalue weighted by Gasteiger charge is -2.43. The molecular weight excluding hydrogens is 304 g/mol. The van der Waals surface area contributed by atoms with E-state index in [-0.39, 0.29) is 6.10 Å². The van der Waals surface area contributed by atoms with Gasteiger partial charge in [0.1, 0.15) is 0 Å². The van der Waals surface area contributed by atoms with Crippen molar-refractivity contribution in [3.63, 3.8) is 0 Å². The molecule has 5 atom stereocenters. The van der Waals surface area contributed by atoms with Crippen LogP contribution in [0.1, 0.15) is 33.6 Å². The molecule has 132 valence electrons. The van der Waals surface area contributed by atoms with Crippen molar-refractivity contribution in [2.24, 2.45) is 17.6 Å². The number of carboxylic acid groups (broad SMARTS) is 1. The van der Waals surface area contributed by atoms with Gasteiger partial charge < -0.3 is 25.6 Å². The van der Waals surface area contributed by atoms with Gasteiger partial charge in [0.05, 0.1) is 31.8 Å². The smallest absolute Gasteiger partial charge is 0.331 e. The fraction of sp³-hybridized carbons (Fsp3) is 0.800. The third-order valence-corrected chi connectivity index (χ3v) is 4.19. The van der Waals surface area contributed by atoms with E-state index in [0.29, 0.717) is 11.8 Å². The van der Waals surface area contributed by atoms with E-state index in [1.165, 1.54) is 7.11 Å². The van der Waals surface area contributed by atoms with Gasteiger partial charge in [-0.1, -0.05) is 13.8 Å². The van der Waals surface area contributed by atoms with E-state index in [9.17, 15) is 14.4 Å². The third kappa shape index (κ3) is 5.18. The van der Waals surface area contributed by atoms with E-state index in [0.717, 1.165) is 6.42 Å². The van der Waals surface area contributed by atoms with Crippen LogP contribution in [0.5, 0.6) is 0 Å². The molecule has 0 heterocycles. The number of hydrogen-bond donors (Lipinski definition) is 3. The van der Waals surface area contributed by atoms with Gasteiger partial charge in [0.25, 0.3) is 0 Å². The Hall–Kier alpha value is -1.67. The SMILES string of the molecule is COC(=O)[C@@H](NC(=O)[C@@H](N)CC(=O)O)[C@@H](C)OC1C(C)CC1C. The monoisotopic (exact) mass is 330 g/mol. The van der Waals surface area contributed by atoms with Crippen molar-refractivity contribution in [2.75, 3.05) is 7.11 Å². The summed E-state index contributed by atoms with van der Waals surface area (Å²) in [6.45, 7) is 5.79. The van der Waals surface area contributed by atoms with Crippen molar-refractivity contribution < 1.29 is 29.0 Å². The highest BCUT2D eigenvalue weighted by atomic mass is 16.5. The van der Waals surface area contributed by atoms with Crippen molar-refractivity contribution in [1.29, 1.82) is 0 Å². The van der Waals surface area contributed by atoms with Crippen molar-refractivity contribution in [2.45, 2.75) is 57.9 Å². The van der Waals surface area contributed by atoms with E-state index in [1.54, 1.807) is 6.92 Å². The number of amides is 1. The second-order valence-corrected chi connectivity index (χ2v) is 6.21. The first-order valence-corrected chi connectivity index (χ1v) is 7.68. The van der Waals surface area contributed by atoms with Gasteiger partial charge in [-0.25, -0.2) is 4.79 Å². The Morgan fingerprint density at radius 2 is 1.87 bits per heavy atom. The lowest BCUT2D eigenvalue weighted by Crippen LogP contribution is -2.56. The molecule has 23 heavy (non-hydrogen) atoms. The number of esters is 1. The standard InChI is InChI=1S/C15H26N2O6/c1-7-5-8(2)13(7)23-9(3)12(15(21)22-4)17-14(20)10(16)6-11(18)19/h7-10,12-13H,5-6,16H2,1-4H3,(H,17,20)(H,18,19)/t7?,8?,9-,10+,12+,13?/m1/s1. The van der Waals surface area contributed by atoms with Gasteiger partial charge in [-0.15, -0.1) is 0 Å². The molecule has 0 aromatic heterocycles. The van der Waals surface area contributed by atoms with Gasteiger partial charge in [-0.05, 0) is 25.2 Å². The molecule has 0 aromatic rings. The van der Waals surface area contributed by atoms with Crippen LogP contribution in [0.25, 0.3) is 0 Å². The summed E-state index contributed by atoms with van der Waals surface area (Å²) < 4.78 is 10.6. The topological polar surface area (TPSA) is 128 Å². The second kappa shape index (κ2) is 8.26. The van der Waals surface area contributed by atoms with Crippen LogP contribution in [0, 0.1) is 11.8 Å². The number of nitrogens with two attached hydrogens (primary N) is 1. The minimum Gasteiger partial charge on any atom is -0.481 e. The lowest BCUT2D eigenvalue weighted by atomic mass is 9.74. The Morgan fingerprint density at radius 3 is 2.30 bits per heavy atom. The Bertz CT molecular complexity index is 447. The van der Waals surface area contributed by atoms with E-state index in [2.05, 4.69) is 19.2 Å². The minimum absolute atomic E-state index is 0.0155. The molecule has 0 saturated heterocycles. The van der Waals surface area contributed by atoms with E-state index in [4.69, 9.17) is 20.3 Å². The highest BCUT2D eigenvalue weighted by Gasteiger charge is 2.40. The van der Waals surface area contributed by atoms with Crippen molar-refractivity contribution in [3.05, 3.63) is 0 Å². The Balaban J connectivity index is 2.70. The molecule has 2 unspecified atom stereocenters. The lowest BCUT2D eigenvalue weighted by molar-refractivity contribution is -0.159. The van der Waals surface area contributed by atoms with Crippen LogP contribution >= 0.6 is 0 Å².